The number of nitrogens with one attached hydrogen (secondary N) is 1. The zero-order valence-corrected chi connectivity index (χ0v) is 17.3. The summed E-state index contributed by atoms with van der Waals surface area (Å²) in [5.74, 6) is -1.32. The Morgan fingerprint density at radius 2 is 1.93 bits per heavy atom. The second-order valence-electron chi connectivity index (χ2n) is 7.11. The number of hydrogen-bond donors (Lipinski definition) is 1. The Morgan fingerprint density at radius 1 is 1.20 bits per heavy atom. The monoisotopic (exact) mass is 429 g/mol. The minimum Gasteiger partial charge on any atom is -0.487 e. The Balaban J connectivity index is 1.44. The number of anilines is 2. The summed E-state index contributed by atoms with van der Waals surface area (Å²) in [6.07, 6.45) is 1.83. The number of nitrogens with zero attached hydrogens (tertiary/aromatic N) is 2. The number of carbonyl (C=O) groups is 1. The van der Waals surface area contributed by atoms with E-state index in [4.69, 9.17) is 4.74 Å². The Kier molecular flexibility index (Phi) is 5.94. The predicted octanol–water partition coefficient (Wildman–Crippen LogP) is 5.16. The van der Waals surface area contributed by atoms with Crippen LogP contribution in [0.3, 0.4) is 0 Å². The summed E-state index contributed by atoms with van der Waals surface area (Å²) >= 11 is 1.54. The highest BCUT2D eigenvalue weighted by Crippen LogP contribution is 2.30. The molecule has 0 radical (unpaired) electrons. The lowest BCUT2D eigenvalue weighted by atomic mass is 10.2. The number of carbonyl (C=O) groups excluding carboxylic acids is 1. The van der Waals surface area contributed by atoms with Crippen LogP contribution in [-0.2, 0) is 6.61 Å². The quantitative estimate of drug-likeness (QED) is 0.588. The molecule has 1 saturated heterocycles. The number of benzene rings is 2. The van der Waals surface area contributed by atoms with Gasteiger partial charge in [-0.2, -0.15) is 0 Å². The standard InChI is InChI=1S/C22H21F2N3O2S/c1-14-25-17(13-30-14)12-29-18-6-4-5-15(9-18)22(28)26-16-10-19(23)21(20(24)11-16)27-7-2-3-8-27/h4-6,9-11,13H,2-3,7-8,12H2,1H3,(H,26,28). The molecule has 0 spiro atoms. The van der Waals surface area contributed by atoms with Crippen molar-refractivity contribution in [1.82, 2.24) is 4.98 Å². The average molecular weight is 429 g/mol. The number of hydrogen-bond acceptors (Lipinski definition) is 5. The highest BCUT2D eigenvalue weighted by molar-refractivity contribution is 7.09. The molecule has 156 valence electrons. The van der Waals surface area contributed by atoms with E-state index in [0.29, 0.717) is 31.0 Å². The van der Waals surface area contributed by atoms with Crippen molar-refractivity contribution in [3.8, 4) is 5.75 Å². The van der Waals surface area contributed by atoms with Gasteiger partial charge in [0.25, 0.3) is 5.91 Å². The van der Waals surface area contributed by atoms with Gasteiger partial charge >= 0.3 is 0 Å². The van der Waals surface area contributed by atoms with Gasteiger partial charge in [-0.05, 0) is 50.1 Å². The molecule has 1 amide bonds. The van der Waals surface area contributed by atoms with E-state index in [9.17, 15) is 13.6 Å². The van der Waals surface area contributed by atoms with Gasteiger partial charge < -0.3 is 15.0 Å². The third-order valence-corrected chi connectivity index (χ3v) is 5.67. The third-order valence-electron chi connectivity index (χ3n) is 4.85. The van der Waals surface area contributed by atoms with Crippen molar-refractivity contribution in [1.29, 1.82) is 0 Å². The SMILES string of the molecule is Cc1nc(COc2cccc(C(=O)Nc3cc(F)c(N4CCCC4)c(F)c3)c2)cs1. The lowest BCUT2D eigenvalue weighted by Gasteiger charge is -2.20. The van der Waals surface area contributed by atoms with Crippen LogP contribution in [0.25, 0.3) is 0 Å². The number of halogens is 2. The third kappa shape index (κ3) is 4.59. The molecule has 1 aliphatic heterocycles. The molecule has 1 aliphatic rings. The minimum atomic E-state index is -0.678. The lowest BCUT2D eigenvalue weighted by molar-refractivity contribution is 0.102. The van der Waals surface area contributed by atoms with E-state index in [1.807, 2.05) is 12.3 Å². The van der Waals surface area contributed by atoms with Gasteiger partial charge in [0.2, 0.25) is 0 Å². The average Bonchev–Trinajstić information content (AvgIpc) is 3.38. The normalized spacial score (nSPS) is 13.5. The Hall–Kier alpha value is -3.00. The smallest absolute Gasteiger partial charge is 0.255 e. The molecule has 3 aromatic rings. The van der Waals surface area contributed by atoms with Crippen LogP contribution in [-0.4, -0.2) is 24.0 Å². The fraction of sp³-hybridized carbons (Fsp3) is 0.273. The van der Waals surface area contributed by atoms with Gasteiger partial charge in [-0.25, -0.2) is 13.8 Å². The summed E-state index contributed by atoms with van der Waals surface area (Å²) in [6.45, 7) is 3.48. The molecule has 0 saturated carbocycles. The maximum absolute atomic E-state index is 14.5. The van der Waals surface area contributed by atoms with E-state index in [1.54, 1.807) is 40.5 Å². The molecule has 5 nitrogen and oxygen atoms in total. The first-order chi connectivity index (χ1) is 14.5. The minimum absolute atomic E-state index is 0.0295. The summed E-state index contributed by atoms with van der Waals surface area (Å²) in [5, 5.41) is 5.43. The first kappa shape index (κ1) is 20.3. The van der Waals surface area contributed by atoms with Crippen LogP contribution < -0.4 is 15.0 Å². The van der Waals surface area contributed by atoms with E-state index in [0.717, 1.165) is 35.7 Å². The molecule has 1 N–H and O–H groups in total. The van der Waals surface area contributed by atoms with Crippen LogP contribution >= 0.6 is 11.3 Å². The molecular weight excluding hydrogens is 408 g/mol. The summed E-state index contributed by atoms with van der Waals surface area (Å²) in [7, 11) is 0. The second kappa shape index (κ2) is 8.79. The summed E-state index contributed by atoms with van der Waals surface area (Å²) in [4.78, 5) is 18.6. The van der Waals surface area contributed by atoms with Crippen LogP contribution in [0.15, 0.2) is 41.8 Å². The largest absolute Gasteiger partial charge is 0.487 e. The highest BCUT2D eigenvalue weighted by Gasteiger charge is 2.21. The fourth-order valence-corrected chi connectivity index (χ4v) is 4.04. The van der Waals surface area contributed by atoms with Gasteiger partial charge in [0.05, 0.1) is 10.7 Å². The van der Waals surface area contributed by atoms with Crippen LogP contribution in [0.5, 0.6) is 5.75 Å². The molecule has 0 aliphatic carbocycles. The highest BCUT2D eigenvalue weighted by atomic mass is 32.1. The van der Waals surface area contributed by atoms with Gasteiger partial charge in [0, 0.05) is 29.7 Å². The van der Waals surface area contributed by atoms with Crippen LogP contribution in [0.1, 0.15) is 33.9 Å². The van der Waals surface area contributed by atoms with Gasteiger partial charge in [-0.15, -0.1) is 11.3 Å². The fourth-order valence-electron chi connectivity index (χ4n) is 3.44. The van der Waals surface area contributed by atoms with E-state index >= 15 is 0 Å². The van der Waals surface area contributed by atoms with E-state index in [1.165, 1.54) is 0 Å². The number of aromatic nitrogens is 1. The Labute approximate surface area is 177 Å². The Morgan fingerprint density at radius 3 is 2.60 bits per heavy atom. The van der Waals surface area contributed by atoms with Crippen molar-refractivity contribution >= 4 is 28.6 Å². The zero-order chi connectivity index (χ0) is 21.1. The number of ether oxygens (including phenoxy) is 1. The van der Waals surface area contributed by atoms with Gasteiger partial charge in [-0.3, -0.25) is 4.79 Å². The summed E-state index contributed by atoms with van der Waals surface area (Å²) in [5.41, 5.74) is 1.18. The number of amides is 1. The van der Waals surface area contributed by atoms with E-state index in [-0.39, 0.29) is 11.4 Å². The van der Waals surface area contributed by atoms with Crippen molar-refractivity contribution in [3.63, 3.8) is 0 Å². The van der Waals surface area contributed by atoms with Crippen molar-refractivity contribution in [3.05, 3.63) is 69.7 Å². The van der Waals surface area contributed by atoms with Crippen LogP contribution in [0.2, 0.25) is 0 Å². The lowest BCUT2D eigenvalue weighted by Crippen LogP contribution is -2.21. The maximum atomic E-state index is 14.5. The molecule has 0 unspecified atom stereocenters. The molecule has 0 bridgehead atoms. The van der Waals surface area contributed by atoms with E-state index in [2.05, 4.69) is 10.3 Å². The van der Waals surface area contributed by atoms with Crippen molar-refractivity contribution in [2.24, 2.45) is 0 Å². The topological polar surface area (TPSA) is 54.5 Å². The van der Waals surface area contributed by atoms with E-state index < -0.39 is 17.5 Å². The van der Waals surface area contributed by atoms with Gasteiger partial charge in [-0.1, -0.05) is 6.07 Å². The zero-order valence-electron chi connectivity index (χ0n) is 16.5. The number of aryl methyl sites for hydroxylation is 1. The molecule has 8 heteroatoms. The second-order valence-corrected chi connectivity index (χ2v) is 8.17. The van der Waals surface area contributed by atoms with Gasteiger partial charge in [0.1, 0.15) is 18.0 Å². The molecule has 1 aromatic heterocycles. The van der Waals surface area contributed by atoms with Crippen LogP contribution in [0.4, 0.5) is 20.2 Å². The maximum Gasteiger partial charge on any atom is 0.255 e. The molecule has 0 atom stereocenters. The molecule has 30 heavy (non-hydrogen) atoms. The van der Waals surface area contributed by atoms with Crippen LogP contribution in [0, 0.1) is 18.6 Å². The van der Waals surface area contributed by atoms with Gasteiger partial charge in [0.15, 0.2) is 11.6 Å². The first-order valence-electron chi connectivity index (χ1n) is 9.69. The first-order valence-corrected chi connectivity index (χ1v) is 10.6. The summed E-state index contributed by atoms with van der Waals surface area (Å²) in [6, 6.07) is 8.92. The molecule has 2 heterocycles. The molecule has 1 fully saturated rings. The van der Waals surface area contributed by atoms with Crippen molar-refractivity contribution in [2.45, 2.75) is 26.4 Å². The van der Waals surface area contributed by atoms with Crippen molar-refractivity contribution in [2.75, 3.05) is 23.3 Å². The predicted molar refractivity (Wildman–Crippen MR) is 113 cm³/mol. The summed E-state index contributed by atoms with van der Waals surface area (Å²) < 4.78 is 34.7. The Bertz CT molecular complexity index is 1040. The number of thiazole rings is 1. The molecular formula is C22H21F2N3O2S. The number of rotatable bonds is 6. The van der Waals surface area contributed by atoms with Crippen molar-refractivity contribution < 1.29 is 18.3 Å². The molecule has 4 rings (SSSR count). The molecule has 2 aromatic carbocycles.